The largest absolute Gasteiger partial charge is 0.497 e. The summed E-state index contributed by atoms with van der Waals surface area (Å²) >= 11 is 0. The fraction of sp³-hybridized carbons (Fsp3) is 0.273. The standard InChI is InChI=1S/C11H12N4O3/c1-18-7-4-2-6(3-5-7)15-9-8(13-11(15)17)12-10(16)14-9/h2-5,8-9H,1H3,(H,13,17)(H2,12,14,16)/t8-,9-/m0/s1. The zero-order valence-electron chi connectivity index (χ0n) is 9.64. The minimum atomic E-state index is -0.404. The fourth-order valence-electron chi connectivity index (χ4n) is 2.16. The highest BCUT2D eigenvalue weighted by Gasteiger charge is 2.46. The number of benzene rings is 1. The third-order valence-corrected chi connectivity index (χ3v) is 3.01. The van der Waals surface area contributed by atoms with Gasteiger partial charge in [0.15, 0.2) is 6.17 Å². The number of amides is 4. The summed E-state index contributed by atoms with van der Waals surface area (Å²) < 4.78 is 5.06. The fourth-order valence-corrected chi connectivity index (χ4v) is 2.16. The first-order valence-electron chi connectivity index (χ1n) is 5.50. The average Bonchev–Trinajstić information content (AvgIpc) is 2.84. The molecule has 0 unspecified atom stereocenters. The molecule has 2 aliphatic rings. The number of carbonyl (C=O) groups excluding carboxylic acids is 2. The molecule has 2 heterocycles. The van der Waals surface area contributed by atoms with Gasteiger partial charge in [-0.25, -0.2) is 9.59 Å². The number of methoxy groups -OCH3 is 1. The lowest BCUT2D eigenvalue weighted by molar-refractivity contribution is 0.242. The van der Waals surface area contributed by atoms with Crippen molar-refractivity contribution in [1.82, 2.24) is 16.0 Å². The van der Waals surface area contributed by atoms with Gasteiger partial charge in [0, 0.05) is 5.69 Å². The van der Waals surface area contributed by atoms with Crippen molar-refractivity contribution in [3.05, 3.63) is 24.3 Å². The van der Waals surface area contributed by atoms with Crippen LogP contribution in [0.5, 0.6) is 5.75 Å². The van der Waals surface area contributed by atoms with Crippen LogP contribution in [-0.2, 0) is 0 Å². The van der Waals surface area contributed by atoms with Crippen molar-refractivity contribution in [2.24, 2.45) is 0 Å². The van der Waals surface area contributed by atoms with Crippen LogP contribution in [0.15, 0.2) is 24.3 Å². The highest BCUT2D eigenvalue weighted by molar-refractivity contribution is 5.98. The molecule has 2 aliphatic heterocycles. The number of carbonyl (C=O) groups is 2. The molecule has 7 heteroatoms. The first-order chi connectivity index (χ1) is 8.69. The van der Waals surface area contributed by atoms with E-state index in [0.29, 0.717) is 11.4 Å². The van der Waals surface area contributed by atoms with Crippen LogP contribution in [0.1, 0.15) is 0 Å². The second-order valence-electron chi connectivity index (χ2n) is 4.06. The number of nitrogens with one attached hydrogen (secondary N) is 3. The van der Waals surface area contributed by atoms with E-state index in [1.54, 1.807) is 31.4 Å². The van der Waals surface area contributed by atoms with Gasteiger partial charge in [0.05, 0.1) is 7.11 Å². The smallest absolute Gasteiger partial charge is 0.325 e. The lowest BCUT2D eigenvalue weighted by Crippen LogP contribution is -2.43. The van der Waals surface area contributed by atoms with E-state index in [-0.39, 0.29) is 12.1 Å². The maximum Gasteiger partial charge on any atom is 0.325 e. The Balaban J connectivity index is 1.90. The molecule has 3 N–H and O–H groups in total. The number of hydrogen-bond donors (Lipinski definition) is 3. The van der Waals surface area contributed by atoms with E-state index in [1.807, 2.05) is 0 Å². The Labute approximate surface area is 103 Å². The Morgan fingerprint density at radius 2 is 1.83 bits per heavy atom. The molecule has 1 aromatic carbocycles. The van der Waals surface area contributed by atoms with Gasteiger partial charge in [-0.05, 0) is 24.3 Å². The predicted octanol–water partition coefficient (Wildman–Crippen LogP) is 0.190. The van der Waals surface area contributed by atoms with Gasteiger partial charge in [0.25, 0.3) is 0 Å². The summed E-state index contributed by atoms with van der Waals surface area (Å²) in [6.45, 7) is 0. The van der Waals surface area contributed by atoms with Gasteiger partial charge in [0.1, 0.15) is 11.9 Å². The number of hydrogen-bond acceptors (Lipinski definition) is 3. The Hall–Kier alpha value is -2.44. The van der Waals surface area contributed by atoms with Gasteiger partial charge in [-0.3, -0.25) is 4.90 Å². The van der Waals surface area contributed by atoms with Gasteiger partial charge in [-0.2, -0.15) is 0 Å². The Morgan fingerprint density at radius 1 is 1.11 bits per heavy atom. The first-order valence-corrected chi connectivity index (χ1v) is 5.50. The molecular formula is C11H12N4O3. The SMILES string of the molecule is COc1ccc(N2C(=O)N[C@@H]3NC(=O)N[C@H]32)cc1. The molecule has 0 aromatic heterocycles. The first kappa shape index (κ1) is 10.7. The van der Waals surface area contributed by atoms with Crippen molar-refractivity contribution < 1.29 is 14.3 Å². The number of nitrogens with zero attached hydrogens (tertiary/aromatic N) is 1. The van der Waals surface area contributed by atoms with Crippen LogP contribution in [0.4, 0.5) is 15.3 Å². The topological polar surface area (TPSA) is 82.7 Å². The van der Waals surface area contributed by atoms with E-state index >= 15 is 0 Å². The molecule has 0 spiro atoms. The van der Waals surface area contributed by atoms with Crippen LogP contribution >= 0.6 is 0 Å². The van der Waals surface area contributed by atoms with Gasteiger partial charge in [-0.15, -0.1) is 0 Å². The lowest BCUT2D eigenvalue weighted by Gasteiger charge is -2.21. The molecule has 0 radical (unpaired) electrons. The molecule has 2 saturated heterocycles. The molecule has 0 bridgehead atoms. The third kappa shape index (κ3) is 1.52. The van der Waals surface area contributed by atoms with Crippen molar-refractivity contribution in [3.63, 3.8) is 0 Å². The monoisotopic (exact) mass is 248 g/mol. The number of fused-ring (bicyclic) bond motifs is 1. The van der Waals surface area contributed by atoms with Crippen molar-refractivity contribution in [3.8, 4) is 5.75 Å². The zero-order chi connectivity index (χ0) is 12.7. The normalized spacial score (nSPS) is 25.3. The molecule has 0 saturated carbocycles. The molecule has 2 fully saturated rings. The van der Waals surface area contributed by atoms with Gasteiger partial charge in [-0.1, -0.05) is 0 Å². The van der Waals surface area contributed by atoms with Crippen LogP contribution in [0.3, 0.4) is 0 Å². The molecule has 18 heavy (non-hydrogen) atoms. The summed E-state index contributed by atoms with van der Waals surface area (Å²) in [5.74, 6) is 0.712. The minimum Gasteiger partial charge on any atom is -0.497 e. The molecular weight excluding hydrogens is 236 g/mol. The Kier molecular flexibility index (Phi) is 2.26. The molecule has 94 valence electrons. The van der Waals surface area contributed by atoms with Crippen LogP contribution in [0.25, 0.3) is 0 Å². The summed E-state index contributed by atoms with van der Waals surface area (Å²) in [7, 11) is 1.58. The minimum absolute atomic E-state index is 0.248. The van der Waals surface area contributed by atoms with Gasteiger partial charge < -0.3 is 20.7 Å². The summed E-state index contributed by atoms with van der Waals surface area (Å²) in [4.78, 5) is 24.6. The predicted molar refractivity (Wildman–Crippen MR) is 63.2 cm³/mol. The third-order valence-electron chi connectivity index (χ3n) is 3.01. The summed E-state index contributed by atoms with van der Waals surface area (Å²) in [5, 5.41) is 7.99. The zero-order valence-corrected chi connectivity index (χ0v) is 9.64. The average molecular weight is 248 g/mol. The number of rotatable bonds is 2. The molecule has 4 amide bonds. The molecule has 1 aromatic rings. The number of urea groups is 2. The van der Waals surface area contributed by atoms with Crippen molar-refractivity contribution in [1.29, 1.82) is 0 Å². The second kappa shape index (κ2) is 3.80. The quantitative estimate of drug-likeness (QED) is 0.698. The summed E-state index contributed by atoms with van der Waals surface area (Å²) in [5.41, 5.74) is 0.699. The van der Waals surface area contributed by atoms with E-state index in [0.717, 1.165) is 0 Å². The van der Waals surface area contributed by atoms with E-state index < -0.39 is 12.3 Å². The molecule has 0 aliphatic carbocycles. The maximum absolute atomic E-state index is 11.8. The molecule has 7 nitrogen and oxygen atoms in total. The van der Waals surface area contributed by atoms with Crippen LogP contribution in [-0.4, -0.2) is 31.5 Å². The van der Waals surface area contributed by atoms with E-state index in [2.05, 4.69) is 16.0 Å². The van der Waals surface area contributed by atoms with E-state index in [1.165, 1.54) is 4.90 Å². The van der Waals surface area contributed by atoms with Gasteiger partial charge in [0.2, 0.25) is 0 Å². The van der Waals surface area contributed by atoms with Crippen molar-refractivity contribution >= 4 is 17.7 Å². The highest BCUT2D eigenvalue weighted by atomic mass is 16.5. The molecule has 3 rings (SSSR count). The number of ether oxygens (including phenoxy) is 1. The Bertz CT molecular complexity index is 502. The highest BCUT2D eigenvalue weighted by Crippen LogP contribution is 2.25. The molecule has 2 atom stereocenters. The van der Waals surface area contributed by atoms with Crippen molar-refractivity contribution in [2.45, 2.75) is 12.3 Å². The summed E-state index contributed by atoms with van der Waals surface area (Å²) in [6.07, 6.45) is -0.800. The van der Waals surface area contributed by atoms with E-state index in [4.69, 9.17) is 4.74 Å². The lowest BCUT2D eigenvalue weighted by atomic mass is 10.2. The Morgan fingerprint density at radius 3 is 2.50 bits per heavy atom. The summed E-state index contributed by atoms with van der Waals surface area (Å²) in [6, 6.07) is 6.53. The second-order valence-corrected chi connectivity index (χ2v) is 4.06. The van der Waals surface area contributed by atoms with Crippen LogP contribution in [0, 0.1) is 0 Å². The van der Waals surface area contributed by atoms with E-state index in [9.17, 15) is 9.59 Å². The van der Waals surface area contributed by atoms with Crippen LogP contribution in [0.2, 0.25) is 0 Å². The number of anilines is 1. The maximum atomic E-state index is 11.8. The van der Waals surface area contributed by atoms with Gasteiger partial charge >= 0.3 is 12.1 Å². The van der Waals surface area contributed by atoms with Crippen LogP contribution < -0.4 is 25.6 Å². The van der Waals surface area contributed by atoms with Crippen molar-refractivity contribution in [2.75, 3.05) is 12.0 Å².